The SMILES string of the molecule is [C-]#[N+]c1ccc(N2CCN(Cc3ccc(COc4cccc5c4CN(C4CCC(=O)NC4=O)C5=O)cc3F)CC2)cc1F. The molecule has 2 saturated heterocycles. The minimum absolute atomic E-state index is 0.00547. The molecule has 6 rings (SSSR count). The summed E-state index contributed by atoms with van der Waals surface area (Å²) < 4.78 is 35.2. The summed E-state index contributed by atoms with van der Waals surface area (Å²) >= 11 is 0. The summed E-state index contributed by atoms with van der Waals surface area (Å²) in [5.41, 5.74) is 3.06. The van der Waals surface area contributed by atoms with Crippen molar-refractivity contribution in [2.45, 2.75) is 38.6 Å². The lowest BCUT2D eigenvalue weighted by Crippen LogP contribution is -2.52. The van der Waals surface area contributed by atoms with Crippen molar-refractivity contribution in [3.8, 4) is 5.75 Å². The maximum absolute atomic E-state index is 15.1. The fourth-order valence-electron chi connectivity index (χ4n) is 5.85. The molecule has 0 spiro atoms. The van der Waals surface area contributed by atoms with Crippen LogP contribution in [0.2, 0.25) is 0 Å². The monoisotopic (exact) mass is 585 g/mol. The van der Waals surface area contributed by atoms with Gasteiger partial charge in [0.05, 0.1) is 13.1 Å². The van der Waals surface area contributed by atoms with Crippen LogP contribution in [0.3, 0.4) is 0 Å². The van der Waals surface area contributed by atoms with Gasteiger partial charge in [-0.05, 0) is 42.3 Å². The van der Waals surface area contributed by atoms with Crippen LogP contribution in [0, 0.1) is 18.2 Å². The molecule has 43 heavy (non-hydrogen) atoms. The highest BCUT2D eigenvalue weighted by Gasteiger charge is 2.40. The van der Waals surface area contributed by atoms with Crippen LogP contribution >= 0.6 is 0 Å². The first kappa shape index (κ1) is 28.3. The molecule has 0 radical (unpaired) electrons. The zero-order valence-electron chi connectivity index (χ0n) is 23.3. The number of nitrogens with one attached hydrogen (secondary N) is 1. The molecule has 3 aliphatic rings. The number of hydrogen-bond acceptors (Lipinski definition) is 6. The van der Waals surface area contributed by atoms with Crippen molar-refractivity contribution in [1.82, 2.24) is 15.1 Å². The number of hydrogen-bond donors (Lipinski definition) is 1. The molecule has 0 saturated carbocycles. The van der Waals surface area contributed by atoms with Crippen molar-refractivity contribution < 1.29 is 27.9 Å². The van der Waals surface area contributed by atoms with E-state index in [1.165, 1.54) is 23.1 Å². The molecular formula is C32H29F2N5O4. The molecule has 3 amide bonds. The fraction of sp³-hybridized carbons (Fsp3) is 0.312. The van der Waals surface area contributed by atoms with Gasteiger partial charge in [0.15, 0.2) is 0 Å². The molecule has 3 aliphatic heterocycles. The van der Waals surface area contributed by atoms with Gasteiger partial charge in [0.1, 0.15) is 30.0 Å². The Morgan fingerprint density at radius 2 is 1.79 bits per heavy atom. The maximum atomic E-state index is 15.1. The van der Waals surface area contributed by atoms with Crippen LogP contribution in [0.1, 0.15) is 39.9 Å². The lowest BCUT2D eigenvalue weighted by atomic mass is 10.0. The first-order valence-corrected chi connectivity index (χ1v) is 14.1. The predicted molar refractivity (Wildman–Crippen MR) is 153 cm³/mol. The molecular weight excluding hydrogens is 556 g/mol. The summed E-state index contributed by atoms with van der Waals surface area (Å²) in [7, 11) is 0. The highest BCUT2D eigenvalue weighted by atomic mass is 19.1. The van der Waals surface area contributed by atoms with Crippen molar-refractivity contribution in [3.63, 3.8) is 0 Å². The Morgan fingerprint density at radius 3 is 2.51 bits per heavy atom. The summed E-state index contributed by atoms with van der Waals surface area (Å²) in [6, 6.07) is 14.1. The highest BCUT2D eigenvalue weighted by Crippen LogP contribution is 2.34. The van der Waals surface area contributed by atoms with Gasteiger partial charge in [0, 0.05) is 61.5 Å². The summed E-state index contributed by atoms with van der Waals surface area (Å²) in [6.07, 6.45) is 0.456. The van der Waals surface area contributed by atoms with Crippen molar-refractivity contribution in [2.24, 2.45) is 0 Å². The Bertz CT molecular complexity index is 1650. The lowest BCUT2D eigenvalue weighted by Gasteiger charge is -2.36. The molecule has 9 nitrogen and oxygen atoms in total. The second kappa shape index (κ2) is 11.8. The van der Waals surface area contributed by atoms with Crippen molar-refractivity contribution in [1.29, 1.82) is 0 Å². The number of fused-ring (bicyclic) bond motifs is 1. The van der Waals surface area contributed by atoms with E-state index in [1.807, 2.05) is 6.07 Å². The van der Waals surface area contributed by atoms with Gasteiger partial charge in [-0.1, -0.05) is 24.3 Å². The highest BCUT2D eigenvalue weighted by molar-refractivity contribution is 6.05. The molecule has 0 aromatic heterocycles. The van der Waals surface area contributed by atoms with Crippen molar-refractivity contribution in [2.75, 3.05) is 31.1 Å². The third-order valence-electron chi connectivity index (χ3n) is 8.23. The minimum Gasteiger partial charge on any atom is -0.489 e. The molecule has 3 heterocycles. The third kappa shape index (κ3) is 5.79. The molecule has 1 N–H and O–H groups in total. The van der Waals surface area contributed by atoms with Crippen LogP contribution in [0.4, 0.5) is 20.2 Å². The van der Waals surface area contributed by atoms with E-state index < -0.39 is 17.8 Å². The normalized spacial score (nSPS) is 18.8. The van der Waals surface area contributed by atoms with E-state index in [1.54, 1.807) is 30.3 Å². The summed E-state index contributed by atoms with van der Waals surface area (Å²) in [5.74, 6) is -1.46. The minimum atomic E-state index is -0.713. The molecule has 2 fully saturated rings. The Morgan fingerprint density at radius 1 is 0.977 bits per heavy atom. The van der Waals surface area contributed by atoms with E-state index in [0.29, 0.717) is 60.7 Å². The molecule has 1 atom stereocenters. The summed E-state index contributed by atoms with van der Waals surface area (Å²) in [6.45, 7) is 10.4. The number of anilines is 1. The summed E-state index contributed by atoms with van der Waals surface area (Å²) in [4.78, 5) is 45.8. The third-order valence-corrected chi connectivity index (χ3v) is 8.23. The number of carbonyl (C=O) groups excluding carboxylic acids is 3. The van der Waals surface area contributed by atoms with E-state index in [2.05, 4.69) is 20.0 Å². The van der Waals surface area contributed by atoms with Crippen LogP contribution in [0.15, 0.2) is 54.6 Å². The second-order valence-corrected chi connectivity index (χ2v) is 10.9. The molecule has 1 unspecified atom stereocenters. The number of imide groups is 1. The largest absolute Gasteiger partial charge is 0.489 e. The Balaban J connectivity index is 1.05. The Hall–Kier alpha value is -4.82. The van der Waals surface area contributed by atoms with E-state index in [9.17, 15) is 18.8 Å². The molecule has 3 aromatic carbocycles. The number of halogens is 2. The van der Waals surface area contributed by atoms with E-state index in [0.717, 1.165) is 5.69 Å². The molecule has 11 heteroatoms. The zero-order valence-corrected chi connectivity index (χ0v) is 23.3. The first-order valence-electron chi connectivity index (χ1n) is 14.1. The van der Waals surface area contributed by atoms with Gasteiger partial charge >= 0.3 is 0 Å². The van der Waals surface area contributed by atoms with E-state index in [4.69, 9.17) is 11.3 Å². The average molecular weight is 586 g/mol. The van der Waals surface area contributed by atoms with Gasteiger partial charge in [-0.25, -0.2) is 13.6 Å². The number of benzene rings is 3. The second-order valence-electron chi connectivity index (χ2n) is 10.9. The number of piperidine rings is 1. The van der Waals surface area contributed by atoms with Crippen LogP contribution in [-0.4, -0.2) is 59.7 Å². The maximum Gasteiger partial charge on any atom is 0.255 e. The quantitative estimate of drug-likeness (QED) is 0.331. The standard InChI is InChI=1S/C32H29F2N5O4/c1-35-27-8-7-22(16-26(27)34)38-13-11-37(12-14-38)17-21-6-5-20(15-25(21)33)19-43-29-4-2-3-23-24(29)18-39(32(23)42)28-9-10-30(40)36-31(28)41/h2-8,15-16,28H,9-14,17-19H2,(H,36,40,41). The van der Waals surface area contributed by atoms with Crippen LogP contribution in [0.25, 0.3) is 4.85 Å². The number of nitrogens with zero attached hydrogens (tertiary/aromatic N) is 4. The topological polar surface area (TPSA) is 86.6 Å². The Labute approximate surface area is 247 Å². The Kier molecular flexibility index (Phi) is 7.78. The molecule has 3 aromatic rings. The average Bonchev–Trinajstić information content (AvgIpc) is 3.34. The number of amides is 3. The first-order chi connectivity index (χ1) is 20.8. The van der Waals surface area contributed by atoms with Gasteiger partial charge in [-0.15, -0.1) is 0 Å². The number of carbonyl (C=O) groups is 3. The van der Waals surface area contributed by atoms with E-state index in [-0.39, 0.29) is 49.3 Å². The number of rotatable bonds is 7. The number of piperazine rings is 1. The fourth-order valence-corrected chi connectivity index (χ4v) is 5.85. The van der Waals surface area contributed by atoms with Crippen molar-refractivity contribution >= 4 is 29.1 Å². The molecule has 0 bridgehead atoms. The van der Waals surface area contributed by atoms with Gasteiger partial charge < -0.3 is 14.5 Å². The lowest BCUT2D eigenvalue weighted by molar-refractivity contribution is -0.136. The van der Waals surface area contributed by atoms with Gasteiger partial charge in [0.25, 0.3) is 5.91 Å². The molecule has 220 valence electrons. The predicted octanol–water partition coefficient (Wildman–Crippen LogP) is 4.18. The van der Waals surface area contributed by atoms with Crippen molar-refractivity contribution in [3.05, 3.63) is 99.9 Å². The van der Waals surface area contributed by atoms with Crippen LogP contribution in [-0.2, 0) is 29.3 Å². The zero-order chi connectivity index (χ0) is 30.1. The number of ether oxygens (including phenoxy) is 1. The van der Waals surface area contributed by atoms with Gasteiger partial charge in [-0.2, -0.15) is 0 Å². The van der Waals surface area contributed by atoms with Gasteiger partial charge in [0.2, 0.25) is 17.5 Å². The smallest absolute Gasteiger partial charge is 0.255 e. The summed E-state index contributed by atoms with van der Waals surface area (Å²) in [5, 5.41) is 2.30. The molecule has 0 aliphatic carbocycles. The van der Waals surface area contributed by atoms with Gasteiger partial charge in [-0.3, -0.25) is 24.6 Å². The van der Waals surface area contributed by atoms with E-state index >= 15 is 4.39 Å². The van der Waals surface area contributed by atoms with Crippen LogP contribution in [0.5, 0.6) is 5.75 Å². The van der Waals surface area contributed by atoms with Crippen LogP contribution < -0.4 is 15.0 Å².